The summed E-state index contributed by atoms with van der Waals surface area (Å²) >= 11 is 0. The summed E-state index contributed by atoms with van der Waals surface area (Å²) in [5, 5.41) is 9.72. The van der Waals surface area contributed by atoms with Crippen LogP contribution in [0.15, 0.2) is 17.1 Å². The minimum atomic E-state index is -0.626. The van der Waals surface area contributed by atoms with Crippen molar-refractivity contribution >= 4 is 6.08 Å². The van der Waals surface area contributed by atoms with Gasteiger partial charge in [-0.05, 0) is 25.3 Å². The number of methoxy groups -OCH3 is 2. The molecule has 0 radical (unpaired) electrons. The van der Waals surface area contributed by atoms with Gasteiger partial charge >= 0.3 is 0 Å². The molecule has 0 atom stereocenters. The number of phenolic OH excluding ortho intramolecular Hbond substituents is 1. The predicted molar refractivity (Wildman–Crippen MR) is 64.9 cm³/mol. The summed E-state index contributed by atoms with van der Waals surface area (Å²) in [6, 6.07) is 3.04. The molecule has 96 valence electrons. The molecule has 0 aromatic heterocycles. The Morgan fingerprint density at radius 1 is 1.33 bits per heavy atom. The quantitative estimate of drug-likeness (QED) is 0.655. The van der Waals surface area contributed by atoms with Crippen molar-refractivity contribution < 1.29 is 19.4 Å². The molecule has 18 heavy (non-hydrogen) atoms. The second-order valence-electron chi connectivity index (χ2n) is 4.32. The normalized spacial score (nSPS) is 16.3. The molecule has 0 saturated heterocycles. The van der Waals surface area contributed by atoms with Crippen LogP contribution in [0.3, 0.4) is 0 Å². The Morgan fingerprint density at radius 2 is 2.06 bits per heavy atom. The van der Waals surface area contributed by atoms with E-state index in [1.165, 1.54) is 20.3 Å². The van der Waals surface area contributed by atoms with E-state index in [9.17, 15) is 9.90 Å². The average Bonchev–Trinajstić information content (AvgIpc) is 2.32. The van der Waals surface area contributed by atoms with Gasteiger partial charge in [0.1, 0.15) is 11.3 Å². The molecule has 1 N–H and O–H groups in total. The first kappa shape index (κ1) is 12.5. The topological polar surface area (TPSA) is 68.1 Å². The molecule has 0 heterocycles. The van der Waals surface area contributed by atoms with E-state index in [0.29, 0.717) is 17.1 Å². The van der Waals surface area contributed by atoms with Crippen LogP contribution >= 0.6 is 0 Å². The molecule has 5 nitrogen and oxygen atoms in total. The minimum Gasteiger partial charge on any atom is -0.508 e. The lowest BCUT2D eigenvalue weighted by Gasteiger charge is -2.38. The number of phenols is 1. The van der Waals surface area contributed by atoms with Gasteiger partial charge < -0.3 is 14.6 Å². The van der Waals surface area contributed by atoms with Crippen LogP contribution in [0.4, 0.5) is 0 Å². The Labute approximate surface area is 105 Å². The van der Waals surface area contributed by atoms with Crippen LogP contribution in [0.25, 0.3) is 0 Å². The smallest absolute Gasteiger partial charge is 0.235 e. The fourth-order valence-corrected chi connectivity index (χ4v) is 2.34. The summed E-state index contributed by atoms with van der Waals surface area (Å²) in [6.07, 6.45) is 4.08. The monoisotopic (exact) mass is 249 g/mol. The van der Waals surface area contributed by atoms with Gasteiger partial charge in [-0.2, -0.15) is 4.99 Å². The minimum absolute atomic E-state index is 0.0648. The van der Waals surface area contributed by atoms with Crippen molar-refractivity contribution in [2.75, 3.05) is 14.2 Å². The Bertz CT molecular complexity index is 502. The van der Waals surface area contributed by atoms with Gasteiger partial charge in [-0.15, -0.1) is 0 Å². The maximum Gasteiger partial charge on any atom is 0.235 e. The van der Waals surface area contributed by atoms with E-state index in [1.54, 1.807) is 12.1 Å². The zero-order valence-corrected chi connectivity index (χ0v) is 10.4. The molecule has 5 heteroatoms. The zero-order chi connectivity index (χ0) is 13.2. The number of ether oxygens (including phenoxy) is 2. The standard InChI is InChI=1S/C13H15NO4/c1-17-11-7-9(16)6-10(12(11)18-2)13(14-8-15)4-3-5-13/h6-7,16H,3-5H2,1-2H3. The molecule has 1 saturated carbocycles. The van der Waals surface area contributed by atoms with Gasteiger partial charge in [-0.1, -0.05) is 0 Å². The summed E-state index contributed by atoms with van der Waals surface area (Å²) in [5.41, 5.74) is 0.0514. The van der Waals surface area contributed by atoms with E-state index in [1.807, 2.05) is 0 Å². The molecular weight excluding hydrogens is 234 g/mol. The predicted octanol–water partition coefficient (Wildman–Crippen LogP) is 2.12. The van der Waals surface area contributed by atoms with Gasteiger partial charge in [-0.25, -0.2) is 4.79 Å². The summed E-state index contributed by atoms with van der Waals surface area (Å²) in [5.74, 6) is 1.00. The average molecular weight is 249 g/mol. The molecule has 1 fully saturated rings. The van der Waals surface area contributed by atoms with E-state index in [2.05, 4.69) is 4.99 Å². The third-order valence-electron chi connectivity index (χ3n) is 3.41. The summed E-state index contributed by atoms with van der Waals surface area (Å²) in [7, 11) is 3.02. The molecule has 1 aromatic carbocycles. The van der Waals surface area contributed by atoms with Crippen molar-refractivity contribution in [1.82, 2.24) is 0 Å². The largest absolute Gasteiger partial charge is 0.508 e. The Morgan fingerprint density at radius 3 is 2.50 bits per heavy atom. The third-order valence-corrected chi connectivity index (χ3v) is 3.41. The molecular formula is C13H15NO4. The van der Waals surface area contributed by atoms with Gasteiger partial charge in [0, 0.05) is 11.6 Å². The number of hydrogen-bond acceptors (Lipinski definition) is 5. The number of nitrogens with zero attached hydrogens (tertiary/aromatic N) is 1. The van der Waals surface area contributed by atoms with E-state index < -0.39 is 5.54 Å². The van der Waals surface area contributed by atoms with Gasteiger partial charge in [0.05, 0.1) is 14.2 Å². The number of carbonyl (C=O) groups excluding carboxylic acids is 1. The molecule has 0 aliphatic heterocycles. The second-order valence-corrected chi connectivity index (χ2v) is 4.32. The molecule has 1 aliphatic carbocycles. The molecule has 0 bridgehead atoms. The molecule has 0 unspecified atom stereocenters. The second kappa shape index (κ2) is 4.70. The van der Waals surface area contributed by atoms with Gasteiger partial charge in [0.15, 0.2) is 11.5 Å². The first-order valence-corrected chi connectivity index (χ1v) is 5.71. The number of benzene rings is 1. The number of isocyanates is 1. The Hall–Kier alpha value is -2.00. The first-order chi connectivity index (χ1) is 8.66. The van der Waals surface area contributed by atoms with Gasteiger partial charge in [0.2, 0.25) is 6.08 Å². The van der Waals surface area contributed by atoms with Crippen LogP contribution in [-0.4, -0.2) is 25.4 Å². The van der Waals surface area contributed by atoms with Crippen molar-refractivity contribution in [2.24, 2.45) is 4.99 Å². The molecule has 2 rings (SSSR count). The Kier molecular flexibility index (Phi) is 3.26. The molecule has 0 amide bonds. The maximum atomic E-state index is 10.6. The highest BCUT2D eigenvalue weighted by molar-refractivity contribution is 5.56. The fourth-order valence-electron chi connectivity index (χ4n) is 2.34. The lowest BCUT2D eigenvalue weighted by atomic mass is 9.72. The first-order valence-electron chi connectivity index (χ1n) is 5.71. The highest BCUT2D eigenvalue weighted by Gasteiger charge is 2.42. The Balaban J connectivity index is 2.61. The van der Waals surface area contributed by atoms with Crippen molar-refractivity contribution in [1.29, 1.82) is 0 Å². The maximum absolute atomic E-state index is 10.6. The fraction of sp³-hybridized carbons (Fsp3) is 0.462. The van der Waals surface area contributed by atoms with Crippen LogP contribution in [0.1, 0.15) is 24.8 Å². The highest BCUT2D eigenvalue weighted by Crippen LogP contribution is 2.51. The summed E-state index contributed by atoms with van der Waals surface area (Å²) < 4.78 is 10.5. The van der Waals surface area contributed by atoms with E-state index >= 15 is 0 Å². The van der Waals surface area contributed by atoms with Crippen molar-refractivity contribution in [3.05, 3.63) is 17.7 Å². The highest BCUT2D eigenvalue weighted by atomic mass is 16.5. The van der Waals surface area contributed by atoms with Crippen LogP contribution in [0.5, 0.6) is 17.2 Å². The van der Waals surface area contributed by atoms with Crippen LogP contribution in [0.2, 0.25) is 0 Å². The SMILES string of the molecule is COc1cc(O)cc(C2(N=C=O)CCC2)c1OC. The number of aromatic hydroxyl groups is 1. The number of aliphatic imine (C=N–C) groups is 1. The van der Waals surface area contributed by atoms with Crippen molar-refractivity contribution in [2.45, 2.75) is 24.8 Å². The van der Waals surface area contributed by atoms with Crippen LogP contribution in [-0.2, 0) is 10.3 Å². The summed E-state index contributed by atoms with van der Waals surface area (Å²) in [6.45, 7) is 0. The molecule has 1 aromatic rings. The summed E-state index contributed by atoms with van der Waals surface area (Å²) in [4.78, 5) is 14.5. The number of rotatable bonds is 4. The van der Waals surface area contributed by atoms with E-state index in [-0.39, 0.29) is 5.75 Å². The van der Waals surface area contributed by atoms with Crippen molar-refractivity contribution in [3.8, 4) is 17.2 Å². The lowest BCUT2D eigenvalue weighted by molar-refractivity contribution is 0.241. The zero-order valence-electron chi connectivity index (χ0n) is 10.4. The van der Waals surface area contributed by atoms with Gasteiger partial charge in [-0.3, -0.25) is 0 Å². The van der Waals surface area contributed by atoms with Crippen LogP contribution < -0.4 is 9.47 Å². The van der Waals surface area contributed by atoms with E-state index in [0.717, 1.165) is 19.3 Å². The van der Waals surface area contributed by atoms with Gasteiger partial charge in [0.25, 0.3) is 0 Å². The lowest BCUT2D eigenvalue weighted by Crippen LogP contribution is -2.32. The molecule has 0 spiro atoms. The third kappa shape index (κ3) is 1.83. The van der Waals surface area contributed by atoms with E-state index in [4.69, 9.17) is 9.47 Å². The van der Waals surface area contributed by atoms with Crippen molar-refractivity contribution in [3.63, 3.8) is 0 Å². The number of hydrogen-bond donors (Lipinski definition) is 1. The molecule has 1 aliphatic rings. The van der Waals surface area contributed by atoms with Crippen LogP contribution in [0, 0.1) is 0 Å².